The summed E-state index contributed by atoms with van der Waals surface area (Å²) in [6, 6.07) is 18.5. The molecule has 0 aliphatic rings. The van der Waals surface area contributed by atoms with Crippen molar-refractivity contribution < 1.29 is 0 Å². The molecule has 0 fully saturated rings. The van der Waals surface area contributed by atoms with Crippen molar-refractivity contribution in [3.05, 3.63) is 78.1 Å². The lowest BCUT2D eigenvalue weighted by atomic mass is 9.95. The average molecular weight is 249 g/mol. The summed E-state index contributed by atoms with van der Waals surface area (Å²) < 4.78 is 0. The van der Waals surface area contributed by atoms with Gasteiger partial charge >= 0.3 is 0 Å². The van der Waals surface area contributed by atoms with Crippen molar-refractivity contribution in [2.24, 2.45) is 5.84 Å². The summed E-state index contributed by atoms with van der Waals surface area (Å²) in [6.07, 6.45) is 3.60. The van der Waals surface area contributed by atoms with E-state index in [1.54, 1.807) is 6.20 Å². The van der Waals surface area contributed by atoms with Gasteiger partial charge in [0.25, 0.3) is 0 Å². The highest BCUT2D eigenvalue weighted by Gasteiger charge is 2.14. The van der Waals surface area contributed by atoms with Crippen molar-refractivity contribution in [1.29, 1.82) is 0 Å². The molecule has 3 N–H and O–H groups in total. The molecule has 0 spiro atoms. The summed E-state index contributed by atoms with van der Waals surface area (Å²) in [4.78, 5) is 4.16. The van der Waals surface area contributed by atoms with Crippen molar-refractivity contribution in [1.82, 2.24) is 10.4 Å². The average Bonchev–Trinajstić information content (AvgIpc) is 2.49. The van der Waals surface area contributed by atoms with Gasteiger partial charge in [-0.05, 0) is 28.0 Å². The third kappa shape index (κ3) is 2.21. The first-order valence-electron chi connectivity index (χ1n) is 6.24. The molecular formula is C16H15N3. The third-order valence-corrected chi connectivity index (χ3v) is 3.32. The SMILES string of the molecule is NNC(c1cccnc1)c1cccc2ccccc12. The first-order valence-corrected chi connectivity index (χ1v) is 6.24. The van der Waals surface area contributed by atoms with Gasteiger partial charge in [-0.3, -0.25) is 10.8 Å². The molecule has 3 heteroatoms. The van der Waals surface area contributed by atoms with Crippen molar-refractivity contribution in [2.75, 3.05) is 0 Å². The highest BCUT2D eigenvalue weighted by molar-refractivity contribution is 5.86. The minimum Gasteiger partial charge on any atom is -0.271 e. The summed E-state index contributed by atoms with van der Waals surface area (Å²) in [5, 5.41) is 2.42. The van der Waals surface area contributed by atoms with Crippen molar-refractivity contribution in [3.63, 3.8) is 0 Å². The topological polar surface area (TPSA) is 50.9 Å². The van der Waals surface area contributed by atoms with E-state index in [0.717, 1.165) is 11.1 Å². The molecule has 1 heterocycles. The molecule has 0 saturated carbocycles. The van der Waals surface area contributed by atoms with Crippen LogP contribution >= 0.6 is 0 Å². The quantitative estimate of drug-likeness (QED) is 0.554. The second kappa shape index (κ2) is 5.18. The van der Waals surface area contributed by atoms with Crippen LogP contribution < -0.4 is 11.3 Å². The van der Waals surface area contributed by atoms with Crippen LogP contribution in [-0.2, 0) is 0 Å². The molecule has 0 bridgehead atoms. The lowest BCUT2D eigenvalue weighted by Crippen LogP contribution is -2.29. The van der Waals surface area contributed by atoms with Gasteiger partial charge in [0.15, 0.2) is 0 Å². The molecule has 1 unspecified atom stereocenters. The van der Waals surface area contributed by atoms with E-state index in [1.165, 1.54) is 10.8 Å². The van der Waals surface area contributed by atoms with Crippen LogP contribution in [0, 0.1) is 0 Å². The van der Waals surface area contributed by atoms with Crippen molar-refractivity contribution >= 4 is 10.8 Å². The largest absolute Gasteiger partial charge is 0.271 e. The number of rotatable bonds is 3. The van der Waals surface area contributed by atoms with E-state index < -0.39 is 0 Å². The predicted molar refractivity (Wildman–Crippen MR) is 77.4 cm³/mol. The van der Waals surface area contributed by atoms with Gasteiger partial charge in [0, 0.05) is 12.4 Å². The number of hydrogen-bond acceptors (Lipinski definition) is 3. The van der Waals surface area contributed by atoms with Crippen LogP contribution in [0.3, 0.4) is 0 Å². The molecule has 3 aromatic rings. The number of nitrogens with one attached hydrogen (secondary N) is 1. The molecule has 2 aromatic carbocycles. The molecule has 19 heavy (non-hydrogen) atoms. The maximum absolute atomic E-state index is 5.75. The molecule has 1 atom stereocenters. The Kier molecular flexibility index (Phi) is 3.23. The van der Waals surface area contributed by atoms with E-state index in [1.807, 2.05) is 30.5 Å². The Morgan fingerprint density at radius 1 is 0.947 bits per heavy atom. The Hall–Kier alpha value is -2.23. The lowest BCUT2D eigenvalue weighted by molar-refractivity contribution is 0.639. The number of hydrogen-bond donors (Lipinski definition) is 2. The second-order valence-electron chi connectivity index (χ2n) is 4.45. The lowest BCUT2D eigenvalue weighted by Gasteiger charge is -2.18. The monoisotopic (exact) mass is 249 g/mol. The summed E-state index contributed by atoms with van der Waals surface area (Å²) in [5.74, 6) is 5.75. The molecule has 0 aliphatic heterocycles. The molecule has 94 valence electrons. The van der Waals surface area contributed by atoms with E-state index in [0.29, 0.717) is 0 Å². The Labute approximate surface area is 112 Å². The molecule has 3 nitrogen and oxygen atoms in total. The Balaban J connectivity index is 2.17. The fourth-order valence-corrected chi connectivity index (χ4v) is 2.41. The van der Waals surface area contributed by atoms with E-state index in [2.05, 4.69) is 40.7 Å². The van der Waals surface area contributed by atoms with Crippen LogP contribution in [-0.4, -0.2) is 4.98 Å². The predicted octanol–water partition coefficient (Wildman–Crippen LogP) is 2.79. The van der Waals surface area contributed by atoms with Crippen molar-refractivity contribution in [3.8, 4) is 0 Å². The van der Waals surface area contributed by atoms with E-state index >= 15 is 0 Å². The molecule has 1 aromatic heterocycles. The highest BCUT2D eigenvalue weighted by atomic mass is 15.2. The summed E-state index contributed by atoms with van der Waals surface area (Å²) in [6.45, 7) is 0. The zero-order chi connectivity index (χ0) is 13.1. The smallest absolute Gasteiger partial charge is 0.0730 e. The second-order valence-corrected chi connectivity index (χ2v) is 4.45. The van der Waals surface area contributed by atoms with Gasteiger partial charge in [-0.25, -0.2) is 5.43 Å². The van der Waals surface area contributed by atoms with Crippen LogP contribution in [0.2, 0.25) is 0 Å². The number of fused-ring (bicyclic) bond motifs is 1. The standard InChI is InChI=1S/C16H15N3/c17-19-16(13-7-4-10-18-11-13)15-9-3-6-12-5-1-2-8-14(12)15/h1-11,16,19H,17H2. The third-order valence-electron chi connectivity index (χ3n) is 3.32. The van der Waals surface area contributed by atoms with Gasteiger partial charge in [0.2, 0.25) is 0 Å². The highest BCUT2D eigenvalue weighted by Crippen LogP contribution is 2.27. The first-order chi connectivity index (χ1) is 9.40. The van der Waals surface area contributed by atoms with Crippen LogP contribution in [0.1, 0.15) is 17.2 Å². The fraction of sp³-hybridized carbons (Fsp3) is 0.0625. The number of nitrogens with zero attached hydrogens (tertiary/aromatic N) is 1. The minimum absolute atomic E-state index is 0.0557. The number of hydrazine groups is 1. The molecule has 3 rings (SSSR count). The summed E-state index contributed by atoms with van der Waals surface area (Å²) >= 11 is 0. The maximum Gasteiger partial charge on any atom is 0.0730 e. The van der Waals surface area contributed by atoms with Gasteiger partial charge in [0.1, 0.15) is 0 Å². The van der Waals surface area contributed by atoms with Crippen LogP contribution in [0.5, 0.6) is 0 Å². The van der Waals surface area contributed by atoms with Crippen LogP contribution in [0.15, 0.2) is 67.0 Å². The Bertz CT molecular complexity index is 674. The zero-order valence-corrected chi connectivity index (χ0v) is 10.5. The van der Waals surface area contributed by atoms with Gasteiger partial charge in [0.05, 0.1) is 6.04 Å². The summed E-state index contributed by atoms with van der Waals surface area (Å²) in [5.41, 5.74) is 5.10. The van der Waals surface area contributed by atoms with Crippen molar-refractivity contribution in [2.45, 2.75) is 6.04 Å². The van der Waals surface area contributed by atoms with E-state index in [4.69, 9.17) is 5.84 Å². The minimum atomic E-state index is -0.0557. The number of aromatic nitrogens is 1. The summed E-state index contributed by atoms with van der Waals surface area (Å²) in [7, 11) is 0. The maximum atomic E-state index is 5.75. The van der Waals surface area contributed by atoms with Crippen LogP contribution in [0.4, 0.5) is 0 Å². The fourth-order valence-electron chi connectivity index (χ4n) is 2.41. The molecule has 0 radical (unpaired) electrons. The molecular weight excluding hydrogens is 234 g/mol. The van der Waals surface area contributed by atoms with Gasteiger partial charge in [-0.2, -0.15) is 0 Å². The van der Waals surface area contributed by atoms with E-state index in [-0.39, 0.29) is 6.04 Å². The zero-order valence-electron chi connectivity index (χ0n) is 10.5. The number of nitrogens with two attached hydrogens (primary N) is 1. The van der Waals surface area contributed by atoms with Gasteiger partial charge < -0.3 is 0 Å². The van der Waals surface area contributed by atoms with Gasteiger partial charge in [-0.1, -0.05) is 48.5 Å². The van der Waals surface area contributed by atoms with Crippen LogP contribution in [0.25, 0.3) is 10.8 Å². The Morgan fingerprint density at radius 2 is 1.79 bits per heavy atom. The van der Waals surface area contributed by atoms with E-state index in [9.17, 15) is 0 Å². The first kappa shape index (κ1) is 11.8. The molecule has 0 amide bonds. The normalized spacial score (nSPS) is 12.5. The molecule has 0 aliphatic carbocycles. The number of benzene rings is 2. The molecule has 0 saturated heterocycles. The number of pyridine rings is 1. The Morgan fingerprint density at radius 3 is 2.58 bits per heavy atom. The van der Waals surface area contributed by atoms with Gasteiger partial charge in [-0.15, -0.1) is 0 Å².